The molecule has 3 aromatic rings. The molecule has 2 heterocycles. The van der Waals surface area contributed by atoms with Gasteiger partial charge in [-0.3, -0.25) is 9.89 Å². The molecule has 118 valence electrons. The van der Waals surface area contributed by atoms with Crippen molar-refractivity contribution in [1.82, 2.24) is 30.5 Å². The van der Waals surface area contributed by atoms with Crippen molar-refractivity contribution in [3.8, 4) is 0 Å². The van der Waals surface area contributed by atoms with Crippen LogP contribution >= 0.6 is 0 Å². The fraction of sp³-hybridized carbons (Fsp3) is 0.312. The summed E-state index contributed by atoms with van der Waals surface area (Å²) in [5.41, 5.74) is 3.78. The summed E-state index contributed by atoms with van der Waals surface area (Å²) in [4.78, 5) is 25.6. The molecule has 0 radical (unpaired) electrons. The number of fused-ring (bicyclic) bond motifs is 1. The van der Waals surface area contributed by atoms with Gasteiger partial charge in [-0.1, -0.05) is 0 Å². The third kappa shape index (κ3) is 3.03. The Morgan fingerprint density at radius 1 is 1.09 bits per heavy atom. The molecule has 0 bridgehead atoms. The van der Waals surface area contributed by atoms with E-state index in [0.29, 0.717) is 22.7 Å². The maximum atomic E-state index is 12.4. The Labute approximate surface area is 133 Å². The number of carbonyl (C=O) groups excluding carboxylic acids is 1. The van der Waals surface area contributed by atoms with Crippen molar-refractivity contribution in [2.24, 2.45) is 0 Å². The fourth-order valence-electron chi connectivity index (χ4n) is 2.27. The van der Waals surface area contributed by atoms with E-state index in [1.165, 1.54) is 0 Å². The van der Waals surface area contributed by atoms with Crippen molar-refractivity contribution in [2.75, 3.05) is 0 Å². The number of aromatic amines is 1. The lowest BCUT2D eigenvalue weighted by molar-refractivity contribution is 0.0938. The molecule has 0 aliphatic rings. The van der Waals surface area contributed by atoms with Crippen LogP contribution in [0.3, 0.4) is 0 Å². The van der Waals surface area contributed by atoms with Crippen LogP contribution in [-0.4, -0.2) is 31.1 Å². The molecule has 23 heavy (non-hydrogen) atoms. The Morgan fingerprint density at radius 2 is 1.78 bits per heavy atom. The maximum Gasteiger partial charge on any atom is 0.251 e. The van der Waals surface area contributed by atoms with Crippen LogP contribution in [-0.2, 0) is 0 Å². The zero-order valence-corrected chi connectivity index (χ0v) is 13.5. The zero-order chi connectivity index (χ0) is 16.6. The number of nitrogens with one attached hydrogen (secondary N) is 2. The highest BCUT2D eigenvalue weighted by Crippen LogP contribution is 2.15. The summed E-state index contributed by atoms with van der Waals surface area (Å²) in [5.74, 6) is 1.08. The third-order valence-corrected chi connectivity index (χ3v) is 3.69. The Bertz CT molecular complexity index is 885. The first-order valence-corrected chi connectivity index (χ1v) is 7.39. The summed E-state index contributed by atoms with van der Waals surface area (Å²) < 4.78 is 0. The molecule has 0 fully saturated rings. The van der Waals surface area contributed by atoms with E-state index in [9.17, 15) is 4.79 Å². The molecule has 0 spiro atoms. The van der Waals surface area contributed by atoms with E-state index in [4.69, 9.17) is 0 Å². The van der Waals surface area contributed by atoms with Gasteiger partial charge in [-0.05, 0) is 45.9 Å². The van der Waals surface area contributed by atoms with E-state index < -0.39 is 0 Å². The molecule has 1 atom stereocenters. The van der Waals surface area contributed by atoms with Gasteiger partial charge in [0, 0.05) is 5.56 Å². The number of aryl methyl sites for hydroxylation is 3. The predicted molar refractivity (Wildman–Crippen MR) is 86.0 cm³/mol. The van der Waals surface area contributed by atoms with Crippen molar-refractivity contribution in [3.05, 3.63) is 46.8 Å². The van der Waals surface area contributed by atoms with Gasteiger partial charge in [0.1, 0.15) is 5.82 Å². The summed E-state index contributed by atoms with van der Waals surface area (Å²) in [5, 5.41) is 9.71. The van der Waals surface area contributed by atoms with E-state index in [-0.39, 0.29) is 11.9 Å². The Morgan fingerprint density at radius 3 is 2.43 bits per heavy atom. The van der Waals surface area contributed by atoms with Gasteiger partial charge in [0.05, 0.1) is 28.5 Å². The van der Waals surface area contributed by atoms with Crippen LogP contribution < -0.4 is 5.32 Å². The van der Waals surface area contributed by atoms with Crippen LogP contribution in [0, 0.1) is 20.8 Å². The molecule has 7 nitrogen and oxygen atoms in total. The molecule has 0 saturated carbocycles. The maximum absolute atomic E-state index is 12.4. The molecule has 1 unspecified atom stereocenters. The number of hydrogen-bond donors (Lipinski definition) is 2. The first-order chi connectivity index (χ1) is 10.9. The topological polar surface area (TPSA) is 96.5 Å². The normalized spacial score (nSPS) is 12.3. The molecule has 0 aliphatic heterocycles. The lowest BCUT2D eigenvalue weighted by atomic mass is 10.1. The highest BCUT2D eigenvalue weighted by atomic mass is 16.1. The van der Waals surface area contributed by atoms with Crippen molar-refractivity contribution >= 4 is 16.9 Å². The van der Waals surface area contributed by atoms with Gasteiger partial charge < -0.3 is 5.32 Å². The highest BCUT2D eigenvalue weighted by molar-refractivity contribution is 5.97. The SMILES string of the molecule is Cc1nc(C(C)NC(=O)c2ccc3nc(C)c(C)nc3c2)n[nH]1. The number of nitrogens with zero attached hydrogens (tertiary/aromatic N) is 4. The molecule has 3 rings (SSSR count). The van der Waals surface area contributed by atoms with Crippen LogP contribution in [0.2, 0.25) is 0 Å². The molecule has 0 aliphatic carbocycles. The Balaban J connectivity index is 1.84. The van der Waals surface area contributed by atoms with Crippen molar-refractivity contribution in [3.63, 3.8) is 0 Å². The largest absolute Gasteiger partial charge is 0.342 e. The van der Waals surface area contributed by atoms with Crippen molar-refractivity contribution in [2.45, 2.75) is 33.7 Å². The second-order valence-electron chi connectivity index (χ2n) is 5.57. The average molecular weight is 310 g/mol. The molecule has 2 N–H and O–H groups in total. The van der Waals surface area contributed by atoms with Gasteiger partial charge in [-0.25, -0.2) is 15.0 Å². The van der Waals surface area contributed by atoms with Crippen LogP contribution in [0.5, 0.6) is 0 Å². The average Bonchev–Trinajstić information content (AvgIpc) is 2.94. The molecule has 7 heteroatoms. The summed E-state index contributed by atoms with van der Waals surface area (Å²) in [6.45, 7) is 7.48. The molecule has 1 amide bonds. The van der Waals surface area contributed by atoms with Gasteiger partial charge in [-0.15, -0.1) is 0 Å². The van der Waals surface area contributed by atoms with Crippen LogP contribution in [0.25, 0.3) is 11.0 Å². The Kier molecular flexibility index (Phi) is 3.77. The Hall–Kier alpha value is -2.83. The van der Waals surface area contributed by atoms with Crippen molar-refractivity contribution < 1.29 is 4.79 Å². The third-order valence-electron chi connectivity index (χ3n) is 3.69. The summed E-state index contributed by atoms with van der Waals surface area (Å²) in [7, 11) is 0. The minimum atomic E-state index is -0.283. The number of benzene rings is 1. The second kappa shape index (κ2) is 5.75. The van der Waals surface area contributed by atoms with Crippen LogP contribution in [0.4, 0.5) is 0 Å². The zero-order valence-electron chi connectivity index (χ0n) is 13.5. The summed E-state index contributed by atoms with van der Waals surface area (Å²) in [6.07, 6.45) is 0. The minimum Gasteiger partial charge on any atom is -0.342 e. The van der Waals surface area contributed by atoms with E-state index in [0.717, 1.165) is 16.9 Å². The smallest absolute Gasteiger partial charge is 0.251 e. The van der Waals surface area contributed by atoms with Gasteiger partial charge in [-0.2, -0.15) is 5.10 Å². The molecule has 1 aromatic carbocycles. The second-order valence-corrected chi connectivity index (χ2v) is 5.57. The molecular formula is C16H18N6O. The number of aromatic nitrogens is 5. The van der Waals surface area contributed by atoms with Gasteiger partial charge in [0.25, 0.3) is 5.91 Å². The molecule has 0 saturated heterocycles. The number of rotatable bonds is 3. The van der Waals surface area contributed by atoms with Gasteiger partial charge >= 0.3 is 0 Å². The molecular weight excluding hydrogens is 292 g/mol. The van der Waals surface area contributed by atoms with E-state index in [1.807, 2.05) is 33.8 Å². The van der Waals surface area contributed by atoms with E-state index >= 15 is 0 Å². The highest BCUT2D eigenvalue weighted by Gasteiger charge is 2.15. The predicted octanol–water partition coefficient (Wildman–Crippen LogP) is 2.16. The summed E-state index contributed by atoms with van der Waals surface area (Å²) >= 11 is 0. The number of carbonyl (C=O) groups is 1. The van der Waals surface area contributed by atoms with E-state index in [2.05, 4.69) is 30.5 Å². The van der Waals surface area contributed by atoms with Crippen LogP contribution in [0.1, 0.15) is 46.4 Å². The quantitative estimate of drug-likeness (QED) is 0.772. The van der Waals surface area contributed by atoms with Gasteiger partial charge in [0.15, 0.2) is 5.82 Å². The number of amides is 1. The standard InChI is InChI=1S/C16H18N6O/c1-8-9(2)18-14-7-12(5-6-13(14)17-8)16(23)19-10(3)15-20-11(4)21-22-15/h5-7,10H,1-4H3,(H,19,23)(H,20,21,22). The van der Waals surface area contributed by atoms with Gasteiger partial charge in [0.2, 0.25) is 0 Å². The lowest BCUT2D eigenvalue weighted by Crippen LogP contribution is -2.27. The monoisotopic (exact) mass is 310 g/mol. The lowest BCUT2D eigenvalue weighted by Gasteiger charge is -2.11. The van der Waals surface area contributed by atoms with Crippen molar-refractivity contribution in [1.29, 1.82) is 0 Å². The van der Waals surface area contributed by atoms with Crippen LogP contribution in [0.15, 0.2) is 18.2 Å². The number of hydrogen-bond acceptors (Lipinski definition) is 5. The molecule has 2 aromatic heterocycles. The number of H-pyrrole nitrogens is 1. The summed E-state index contributed by atoms with van der Waals surface area (Å²) in [6, 6.07) is 5.02. The first kappa shape index (κ1) is 15.1. The first-order valence-electron chi connectivity index (χ1n) is 7.39. The van der Waals surface area contributed by atoms with E-state index in [1.54, 1.807) is 12.1 Å². The fourth-order valence-corrected chi connectivity index (χ4v) is 2.27. The minimum absolute atomic E-state index is 0.193.